The number of likely N-dealkylation sites (N-methyl/N-ethyl adjacent to an activating group) is 2. The van der Waals surface area contributed by atoms with Gasteiger partial charge in [-0.15, -0.1) is 0 Å². The van der Waals surface area contributed by atoms with Crippen molar-refractivity contribution in [1.82, 2.24) is 10.2 Å². The highest BCUT2D eigenvalue weighted by Crippen LogP contribution is 2.04. The lowest BCUT2D eigenvalue weighted by molar-refractivity contribution is 0.140. The summed E-state index contributed by atoms with van der Waals surface area (Å²) in [6.45, 7) is 9.89. The number of nitrogens with one attached hydrogen (secondary N) is 1. The van der Waals surface area contributed by atoms with E-state index in [1.807, 2.05) is 20.9 Å². The molecule has 64 valence electrons. The lowest BCUT2D eigenvalue weighted by atomic mass is 10.1. The molecule has 1 N–H and O–H groups in total. The predicted octanol–water partition coefficient (Wildman–Crippen LogP) is 1.18. The van der Waals surface area contributed by atoms with Crippen molar-refractivity contribution in [3.05, 3.63) is 0 Å². The molecule has 0 bridgehead atoms. The maximum Gasteiger partial charge on any atom is 0.0320 e. The summed E-state index contributed by atoms with van der Waals surface area (Å²) >= 11 is 0. The van der Waals surface area contributed by atoms with Gasteiger partial charge < -0.3 is 10.2 Å². The van der Waals surface area contributed by atoms with Crippen LogP contribution in [0.3, 0.4) is 0 Å². The molecule has 1 fully saturated rings. The summed E-state index contributed by atoms with van der Waals surface area (Å²) < 4.78 is 0. The van der Waals surface area contributed by atoms with Crippen molar-refractivity contribution in [2.24, 2.45) is 0 Å². The van der Waals surface area contributed by atoms with Crippen LogP contribution in [-0.4, -0.2) is 37.6 Å². The highest BCUT2D eigenvalue weighted by Gasteiger charge is 2.22. The molecule has 0 aliphatic carbocycles. The number of hydrogen-bond donors (Lipinski definition) is 1. The van der Waals surface area contributed by atoms with Gasteiger partial charge in [-0.3, -0.25) is 0 Å². The van der Waals surface area contributed by atoms with Gasteiger partial charge in [0.15, 0.2) is 0 Å². The first-order valence-electron chi connectivity index (χ1n) is 4.26. The first-order chi connectivity index (χ1) is 4.86. The lowest BCUT2D eigenvalue weighted by Crippen LogP contribution is -2.56. The second-order valence-electron chi connectivity index (χ2n) is 2.34. The molecule has 1 aliphatic heterocycles. The molecule has 0 aromatic carbocycles. The fourth-order valence-electron chi connectivity index (χ4n) is 1.01. The first-order valence-corrected chi connectivity index (χ1v) is 4.26. The summed E-state index contributed by atoms with van der Waals surface area (Å²) in [6.07, 6.45) is 0. The van der Waals surface area contributed by atoms with E-state index in [2.05, 4.69) is 17.1 Å². The molecule has 0 unspecified atom stereocenters. The van der Waals surface area contributed by atoms with Gasteiger partial charge in [-0.05, 0) is 13.6 Å². The Balaban J connectivity index is 0. The Hall–Kier alpha value is -0.0800. The van der Waals surface area contributed by atoms with Crippen LogP contribution in [0, 0.1) is 0 Å². The molecular formula is C8H22N2. The van der Waals surface area contributed by atoms with Crippen LogP contribution >= 0.6 is 0 Å². The van der Waals surface area contributed by atoms with Crippen molar-refractivity contribution in [3.8, 4) is 0 Å². The zero-order valence-electron chi connectivity index (χ0n) is 7.65. The number of likely N-dealkylation sites (tertiary alicyclic amines) is 1. The third-order valence-corrected chi connectivity index (χ3v) is 1.81. The zero-order chi connectivity index (χ0) is 7.98. The molecule has 0 aromatic heterocycles. The van der Waals surface area contributed by atoms with Crippen molar-refractivity contribution in [2.75, 3.05) is 26.7 Å². The normalized spacial score (nSPS) is 19.2. The van der Waals surface area contributed by atoms with Gasteiger partial charge in [-0.1, -0.05) is 20.8 Å². The molecule has 1 saturated heterocycles. The Morgan fingerprint density at radius 1 is 1.50 bits per heavy atom. The maximum absolute atomic E-state index is 3.22. The van der Waals surface area contributed by atoms with Crippen LogP contribution in [0.4, 0.5) is 0 Å². The van der Waals surface area contributed by atoms with Crippen LogP contribution in [0.5, 0.6) is 0 Å². The second-order valence-corrected chi connectivity index (χ2v) is 2.34. The standard InChI is InChI=1S/C6H14N2.C2H6.H2/c1-3-8-4-6(5-8)7-2;1-2;/h6-7H,3-5H2,1-2H3;1-2H3;1H. The SMILES string of the molecule is CC.CCN1CC(NC)C1.[HH]. The van der Waals surface area contributed by atoms with Crippen molar-refractivity contribution < 1.29 is 1.43 Å². The molecule has 0 spiro atoms. The fraction of sp³-hybridized carbons (Fsp3) is 1.00. The van der Waals surface area contributed by atoms with Gasteiger partial charge in [0.1, 0.15) is 0 Å². The van der Waals surface area contributed by atoms with Crippen molar-refractivity contribution >= 4 is 0 Å². The molecule has 10 heavy (non-hydrogen) atoms. The summed E-state index contributed by atoms with van der Waals surface area (Å²) in [4.78, 5) is 2.42. The van der Waals surface area contributed by atoms with E-state index >= 15 is 0 Å². The highest BCUT2D eigenvalue weighted by molar-refractivity contribution is 4.83. The van der Waals surface area contributed by atoms with Gasteiger partial charge in [-0.25, -0.2) is 0 Å². The van der Waals surface area contributed by atoms with Crippen LogP contribution in [0.2, 0.25) is 0 Å². The van der Waals surface area contributed by atoms with E-state index < -0.39 is 0 Å². The van der Waals surface area contributed by atoms with E-state index in [1.165, 1.54) is 19.6 Å². The second kappa shape index (κ2) is 5.69. The molecule has 1 aliphatic rings. The Labute approximate surface area is 66.1 Å². The molecular weight excluding hydrogens is 124 g/mol. The summed E-state index contributed by atoms with van der Waals surface area (Å²) in [5.41, 5.74) is 0. The van der Waals surface area contributed by atoms with Crippen molar-refractivity contribution in [1.29, 1.82) is 0 Å². The summed E-state index contributed by atoms with van der Waals surface area (Å²) in [6, 6.07) is 0.773. The van der Waals surface area contributed by atoms with Crippen molar-refractivity contribution in [2.45, 2.75) is 26.8 Å². The minimum atomic E-state index is 0. The highest BCUT2D eigenvalue weighted by atomic mass is 15.2. The Kier molecular flexibility index (Phi) is 5.64. The van der Waals surface area contributed by atoms with E-state index in [0.717, 1.165) is 6.04 Å². The van der Waals surface area contributed by atoms with Crippen LogP contribution in [0.25, 0.3) is 0 Å². The quantitative estimate of drug-likeness (QED) is 0.629. The van der Waals surface area contributed by atoms with E-state index in [4.69, 9.17) is 0 Å². The van der Waals surface area contributed by atoms with E-state index in [1.54, 1.807) is 0 Å². The third-order valence-electron chi connectivity index (χ3n) is 1.81. The topological polar surface area (TPSA) is 15.3 Å². The Bertz CT molecular complexity index is 64.5. The van der Waals surface area contributed by atoms with Crippen LogP contribution < -0.4 is 5.32 Å². The average Bonchev–Trinajstić information content (AvgIpc) is 1.91. The van der Waals surface area contributed by atoms with Gasteiger partial charge in [0, 0.05) is 20.6 Å². The van der Waals surface area contributed by atoms with Gasteiger partial charge in [0.2, 0.25) is 0 Å². The smallest absolute Gasteiger partial charge is 0.0320 e. The fourth-order valence-corrected chi connectivity index (χ4v) is 1.01. The van der Waals surface area contributed by atoms with Gasteiger partial charge in [-0.2, -0.15) is 0 Å². The molecule has 0 saturated carbocycles. The van der Waals surface area contributed by atoms with Gasteiger partial charge >= 0.3 is 0 Å². The van der Waals surface area contributed by atoms with Gasteiger partial charge in [0.25, 0.3) is 0 Å². The summed E-state index contributed by atoms with van der Waals surface area (Å²) in [7, 11) is 2.03. The predicted molar refractivity (Wildman–Crippen MR) is 48.4 cm³/mol. The average molecular weight is 146 g/mol. The zero-order valence-corrected chi connectivity index (χ0v) is 7.65. The number of rotatable bonds is 2. The Morgan fingerprint density at radius 3 is 2.30 bits per heavy atom. The monoisotopic (exact) mass is 146 g/mol. The van der Waals surface area contributed by atoms with Crippen LogP contribution in [-0.2, 0) is 0 Å². The molecule has 2 heteroatoms. The third kappa shape index (κ3) is 2.67. The van der Waals surface area contributed by atoms with E-state index in [0.29, 0.717) is 0 Å². The first kappa shape index (κ1) is 9.92. The van der Waals surface area contributed by atoms with Crippen molar-refractivity contribution in [3.63, 3.8) is 0 Å². The maximum atomic E-state index is 3.22. The van der Waals surface area contributed by atoms with Crippen LogP contribution in [0.15, 0.2) is 0 Å². The number of nitrogens with zero attached hydrogens (tertiary/aromatic N) is 1. The largest absolute Gasteiger partial charge is 0.315 e. The molecule has 1 rings (SSSR count). The molecule has 1 heterocycles. The molecule has 0 radical (unpaired) electrons. The van der Waals surface area contributed by atoms with E-state index in [-0.39, 0.29) is 1.43 Å². The summed E-state index contributed by atoms with van der Waals surface area (Å²) in [5.74, 6) is 0. The summed E-state index contributed by atoms with van der Waals surface area (Å²) in [5, 5.41) is 3.22. The molecule has 0 aromatic rings. The molecule has 0 atom stereocenters. The van der Waals surface area contributed by atoms with E-state index in [9.17, 15) is 0 Å². The van der Waals surface area contributed by atoms with Crippen LogP contribution in [0.1, 0.15) is 22.2 Å². The minimum Gasteiger partial charge on any atom is -0.315 e. The molecule has 2 nitrogen and oxygen atoms in total. The molecule has 0 amide bonds. The Morgan fingerprint density at radius 2 is 2.00 bits per heavy atom. The van der Waals surface area contributed by atoms with Gasteiger partial charge in [0.05, 0.1) is 0 Å². The lowest BCUT2D eigenvalue weighted by Gasteiger charge is -2.38. The minimum absolute atomic E-state index is 0. The number of hydrogen-bond acceptors (Lipinski definition) is 2.